The second kappa shape index (κ2) is 11.8. The Morgan fingerprint density at radius 3 is 2.78 bits per heavy atom. The molecular weight excluding hydrogens is 497 g/mol. The molecule has 2 aromatic carbocycles. The summed E-state index contributed by atoms with van der Waals surface area (Å²) < 4.78 is 31.4. The summed E-state index contributed by atoms with van der Waals surface area (Å²) in [6, 6.07) is 8.15. The molecule has 2 N–H and O–H groups in total. The molecule has 37 heavy (non-hydrogen) atoms. The first-order valence-corrected chi connectivity index (χ1v) is 13.0. The minimum Gasteiger partial charge on any atom is -0.493 e. The number of hydrogen-bond acceptors (Lipinski definition) is 8. The molecule has 0 amide bonds. The Bertz CT molecular complexity index is 1240. The van der Waals surface area contributed by atoms with Crippen LogP contribution in [0.1, 0.15) is 37.7 Å². The summed E-state index contributed by atoms with van der Waals surface area (Å²) in [4.78, 5) is 11.2. The molecule has 0 aliphatic carbocycles. The molecule has 10 heteroatoms. The predicted octanol–water partition coefficient (Wildman–Crippen LogP) is 6.38. The van der Waals surface area contributed by atoms with Gasteiger partial charge in [0, 0.05) is 23.9 Å². The fourth-order valence-electron chi connectivity index (χ4n) is 4.59. The van der Waals surface area contributed by atoms with Crippen LogP contribution < -0.4 is 24.8 Å². The average molecular weight is 528 g/mol. The molecule has 3 heterocycles. The van der Waals surface area contributed by atoms with Gasteiger partial charge in [0.25, 0.3) is 0 Å². The molecule has 1 fully saturated rings. The molecule has 0 bridgehead atoms. The zero-order valence-electron chi connectivity index (χ0n) is 20.9. The minimum absolute atomic E-state index is 0.0212. The molecule has 0 saturated carbocycles. The Morgan fingerprint density at radius 1 is 1.11 bits per heavy atom. The van der Waals surface area contributed by atoms with Gasteiger partial charge in [0.15, 0.2) is 17.3 Å². The number of ether oxygens (including phenoxy) is 3. The molecular formula is C27H31ClFN5O3. The third-order valence-corrected chi connectivity index (χ3v) is 6.87. The number of unbranched alkanes of at least 4 members (excludes halogenated alkanes) is 1. The highest BCUT2D eigenvalue weighted by molar-refractivity contribution is 6.31. The quantitative estimate of drug-likeness (QED) is 0.310. The van der Waals surface area contributed by atoms with Gasteiger partial charge in [-0.25, -0.2) is 9.37 Å². The number of anilines is 3. The fourth-order valence-corrected chi connectivity index (χ4v) is 4.77. The van der Waals surface area contributed by atoms with Crippen molar-refractivity contribution in [3.8, 4) is 23.1 Å². The van der Waals surface area contributed by atoms with E-state index in [0.717, 1.165) is 24.9 Å². The van der Waals surface area contributed by atoms with Gasteiger partial charge < -0.3 is 29.7 Å². The maximum absolute atomic E-state index is 13.6. The summed E-state index contributed by atoms with van der Waals surface area (Å²) in [5, 5.41) is 6.53. The maximum Gasteiger partial charge on any atom is 0.248 e. The van der Waals surface area contributed by atoms with Gasteiger partial charge >= 0.3 is 0 Å². The second-order valence-corrected chi connectivity index (χ2v) is 9.59. The van der Waals surface area contributed by atoms with Crippen molar-refractivity contribution in [1.29, 1.82) is 0 Å². The third kappa shape index (κ3) is 6.17. The van der Waals surface area contributed by atoms with Gasteiger partial charge in [0.1, 0.15) is 23.6 Å². The highest BCUT2D eigenvalue weighted by Crippen LogP contribution is 2.42. The fraction of sp³-hybridized carbons (Fsp3) is 0.407. The first-order valence-electron chi connectivity index (χ1n) is 12.7. The normalized spacial score (nSPS) is 15.0. The SMILES string of the molecule is COc1cc2c(cc1OCCCCN1CCCCC1)CNc1c(Nc3ccc(F)c(Cl)c3)ncnc1O2. The second-order valence-electron chi connectivity index (χ2n) is 9.18. The minimum atomic E-state index is -0.486. The standard InChI is InChI=1S/C27H31ClFN5O3/c1-35-23-15-22-18(13-24(23)36-12-6-5-11-34-9-3-2-4-10-34)16-30-25-26(31-17-32-27(25)37-22)33-19-7-8-21(29)20(28)14-19/h7-8,13-15,17,30H,2-6,9-12,16H2,1H3,(H,31,32,33). The lowest BCUT2D eigenvalue weighted by Gasteiger charge is -2.26. The largest absolute Gasteiger partial charge is 0.493 e. The number of hydrogen-bond donors (Lipinski definition) is 2. The highest BCUT2D eigenvalue weighted by Gasteiger charge is 2.22. The predicted molar refractivity (Wildman–Crippen MR) is 142 cm³/mol. The molecule has 2 aliphatic heterocycles. The lowest BCUT2D eigenvalue weighted by molar-refractivity contribution is 0.214. The molecule has 196 valence electrons. The van der Waals surface area contributed by atoms with Crippen molar-refractivity contribution in [2.45, 2.75) is 38.6 Å². The molecule has 0 atom stereocenters. The molecule has 5 rings (SSSR count). The number of nitrogens with one attached hydrogen (secondary N) is 2. The first-order chi connectivity index (χ1) is 18.1. The third-order valence-electron chi connectivity index (χ3n) is 6.58. The lowest BCUT2D eigenvalue weighted by atomic mass is 10.1. The summed E-state index contributed by atoms with van der Waals surface area (Å²) in [5.74, 6) is 2.26. The molecule has 0 unspecified atom stereocenters. The Morgan fingerprint density at radius 2 is 1.97 bits per heavy atom. The molecule has 0 spiro atoms. The lowest BCUT2D eigenvalue weighted by Crippen LogP contribution is -2.30. The van der Waals surface area contributed by atoms with Crippen molar-refractivity contribution in [1.82, 2.24) is 14.9 Å². The van der Waals surface area contributed by atoms with Crippen LogP contribution in [0, 0.1) is 5.82 Å². The van der Waals surface area contributed by atoms with Crippen LogP contribution in [0.4, 0.5) is 21.6 Å². The molecule has 2 aliphatic rings. The van der Waals surface area contributed by atoms with Crippen molar-refractivity contribution >= 4 is 28.8 Å². The van der Waals surface area contributed by atoms with Crippen LogP contribution in [-0.4, -0.2) is 48.2 Å². The Labute approximate surface area is 221 Å². The van der Waals surface area contributed by atoms with Crippen molar-refractivity contribution in [2.24, 2.45) is 0 Å². The van der Waals surface area contributed by atoms with E-state index in [1.165, 1.54) is 50.8 Å². The summed E-state index contributed by atoms with van der Waals surface area (Å²) >= 11 is 5.93. The van der Waals surface area contributed by atoms with E-state index in [0.29, 0.717) is 53.5 Å². The van der Waals surface area contributed by atoms with Crippen molar-refractivity contribution in [3.63, 3.8) is 0 Å². The molecule has 0 radical (unpaired) electrons. The highest BCUT2D eigenvalue weighted by atomic mass is 35.5. The van der Waals surface area contributed by atoms with Gasteiger partial charge in [-0.1, -0.05) is 18.0 Å². The number of benzene rings is 2. The van der Waals surface area contributed by atoms with Gasteiger partial charge in [-0.3, -0.25) is 0 Å². The van der Waals surface area contributed by atoms with Crippen LogP contribution in [0.2, 0.25) is 5.02 Å². The molecule has 1 aromatic heterocycles. The van der Waals surface area contributed by atoms with Crippen LogP contribution in [0.5, 0.6) is 23.1 Å². The number of nitrogens with zero attached hydrogens (tertiary/aromatic N) is 3. The van der Waals surface area contributed by atoms with Crippen LogP contribution in [0.3, 0.4) is 0 Å². The molecule has 1 saturated heterocycles. The van der Waals surface area contributed by atoms with Gasteiger partial charge in [0.05, 0.1) is 18.7 Å². The Hall–Kier alpha value is -3.30. The summed E-state index contributed by atoms with van der Waals surface area (Å²) in [5.41, 5.74) is 2.07. The number of fused-ring (bicyclic) bond motifs is 2. The van der Waals surface area contributed by atoms with E-state index in [9.17, 15) is 4.39 Å². The van der Waals surface area contributed by atoms with Crippen molar-refractivity contribution in [2.75, 3.05) is 44.0 Å². The first kappa shape index (κ1) is 25.4. The van der Waals surface area contributed by atoms with Gasteiger partial charge in [-0.05, 0) is 69.6 Å². The number of likely N-dealkylation sites (tertiary alicyclic amines) is 1. The van der Waals surface area contributed by atoms with Crippen LogP contribution in [-0.2, 0) is 6.54 Å². The molecule has 3 aromatic rings. The van der Waals surface area contributed by atoms with Crippen LogP contribution in [0.25, 0.3) is 0 Å². The van der Waals surface area contributed by atoms with E-state index in [2.05, 4.69) is 25.5 Å². The smallest absolute Gasteiger partial charge is 0.248 e. The van der Waals surface area contributed by atoms with Gasteiger partial charge in [-0.15, -0.1) is 0 Å². The summed E-state index contributed by atoms with van der Waals surface area (Å²) in [6.45, 7) is 4.64. The van der Waals surface area contributed by atoms with Gasteiger partial charge in [-0.2, -0.15) is 4.98 Å². The average Bonchev–Trinajstić information content (AvgIpc) is 3.10. The molecule has 8 nitrogen and oxygen atoms in total. The number of rotatable bonds is 9. The zero-order chi connectivity index (χ0) is 25.6. The maximum atomic E-state index is 13.6. The van der Waals surface area contributed by atoms with Crippen LogP contribution in [0.15, 0.2) is 36.7 Å². The Kier molecular flexibility index (Phi) is 8.11. The van der Waals surface area contributed by atoms with E-state index in [1.807, 2.05) is 12.1 Å². The Balaban J connectivity index is 1.26. The van der Waals surface area contributed by atoms with E-state index >= 15 is 0 Å². The van der Waals surface area contributed by atoms with E-state index in [1.54, 1.807) is 13.2 Å². The number of halogens is 2. The summed E-state index contributed by atoms with van der Waals surface area (Å²) in [6.07, 6.45) is 7.47. The van der Waals surface area contributed by atoms with Crippen LogP contribution >= 0.6 is 11.6 Å². The van der Waals surface area contributed by atoms with E-state index in [4.69, 9.17) is 25.8 Å². The number of aromatic nitrogens is 2. The van der Waals surface area contributed by atoms with Gasteiger partial charge in [0.2, 0.25) is 5.88 Å². The number of piperidine rings is 1. The summed E-state index contributed by atoms with van der Waals surface area (Å²) in [7, 11) is 1.62. The van der Waals surface area contributed by atoms with Crippen molar-refractivity contribution in [3.05, 3.63) is 53.1 Å². The monoisotopic (exact) mass is 527 g/mol. The zero-order valence-corrected chi connectivity index (χ0v) is 21.6. The number of methoxy groups -OCH3 is 1. The van der Waals surface area contributed by atoms with E-state index in [-0.39, 0.29) is 5.02 Å². The van der Waals surface area contributed by atoms with E-state index < -0.39 is 5.82 Å². The topological polar surface area (TPSA) is 80.8 Å². The van der Waals surface area contributed by atoms with Crippen molar-refractivity contribution < 1.29 is 18.6 Å².